The fourth-order valence-electron chi connectivity index (χ4n) is 1.79. The van der Waals surface area contributed by atoms with Gasteiger partial charge in [0.25, 0.3) is 0 Å². The fourth-order valence-corrected chi connectivity index (χ4v) is 2.95. The third-order valence-electron chi connectivity index (χ3n) is 2.78. The zero-order chi connectivity index (χ0) is 18.1. The van der Waals surface area contributed by atoms with E-state index in [0.29, 0.717) is 30.3 Å². The van der Waals surface area contributed by atoms with Gasteiger partial charge in [-0.3, -0.25) is 10.1 Å². The lowest BCUT2D eigenvalue weighted by atomic mass is 10.2. The van der Waals surface area contributed by atoms with Gasteiger partial charge in [0.15, 0.2) is 0 Å². The number of nitro groups is 1. The molecule has 0 radical (unpaired) electrons. The number of halogens is 4. The second kappa shape index (κ2) is 6.07. The predicted molar refractivity (Wildman–Crippen MR) is 72.3 cm³/mol. The second-order valence-electron chi connectivity index (χ2n) is 4.40. The van der Waals surface area contributed by atoms with Gasteiger partial charge in [0, 0.05) is 12.1 Å². The van der Waals surface area contributed by atoms with E-state index in [1.165, 1.54) is 0 Å². The summed E-state index contributed by atoms with van der Waals surface area (Å²) in [6.07, 6.45) is -5.00. The van der Waals surface area contributed by atoms with Crippen LogP contribution >= 0.6 is 0 Å². The molecule has 2 aromatic rings. The van der Waals surface area contributed by atoms with Gasteiger partial charge in [-0.2, -0.15) is 21.6 Å². The highest BCUT2D eigenvalue weighted by Crippen LogP contribution is 2.36. The Bertz CT molecular complexity index is 895. The average molecular weight is 365 g/mol. The quantitative estimate of drug-likeness (QED) is 0.358. The first-order chi connectivity index (χ1) is 11.0. The number of hydrogen-bond donors (Lipinski definition) is 0. The summed E-state index contributed by atoms with van der Waals surface area (Å²) in [5, 5.41) is 10.8. The van der Waals surface area contributed by atoms with E-state index in [9.17, 15) is 36.1 Å². The van der Waals surface area contributed by atoms with Crippen molar-refractivity contribution in [2.24, 2.45) is 0 Å². The van der Waals surface area contributed by atoms with E-state index < -0.39 is 48.9 Å². The van der Waals surface area contributed by atoms with Gasteiger partial charge in [-0.25, -0.2) is 4.39 Å². The topological polar surface area (TPSA) is 86.5 Å². The van der Waals surface area contributed by atoms with Crippen molar-refractivity contribution in [3.63, 3.8) is 0 Å². The lowest BCUT2D eigenvalue weighted by Gasteiger charge is -2.13. The highest BCUT2D eigenvalue weighted by molar-refractivity contribution is 7.87. The number of rotatable bonds is 4. The van der Waals surface area contributed by atoms with Crippen molar-refractivity contribution in [3.8, 4) is 5.75 Å². The molecule has 0 unspecified atom stereocenters. The maximum Gasteiger partial charge on any atom is 0.417 e. The number of nitro benzene ring substituents is 1. The van der Waals surface area contributed by atoms with Gasteiger partial charge in [-0.05, 0) is 18.2 Å². The molecule has 0 amide bonds. The van der Waals surface area contributed by atoms with Gasteiger partial charge in [-0.1, -0.05) is 12.1 Å². The first-order valence-corrected chi connectivity index (χ1v) is 7.48. The maximum atomic E-state index is 13.2. The largest absolute Gasteiger partial charge is 0.417 e. The molecule has 0 aliphatic carbocycles. The van der Waals surface area contributed by atoms with E-state index >= 15 is 0 Å². The zero-order valence-corrected chi connectivity index (χ0v) is 12.3. The second-order valence-corrected chi connectivity index (χ2v) is 5.92. The highest BCUT2D eigenvalue weighted by Gasteiger charge is 2.38. The minimum Gasteiger partial charge on any atom is -0.371 e. The minimum absolute atomic E-state index is 0.395. The molecule has 0 aliphatic rings. The Balaban J connectivity index is 2.56. The molecule has 0 bridgehead atoms. The number of alkyl halides is 3. The molecule has 0 aromatic heterocycles. The highest BCUT2D eigenvalue weighted by atomic mass is 32.2. The molecule has 2 rings (SSSR count). The molecule has 0 spiro atoms. The van der Waals surface area contributed by atoms with E-state index in [4.69, 9.17) is 0 Å². The van der Waals surface area contributed by atoms with E-state index in [2.05, 4.69) is 4.18 Å². The minimum atomic E-state index is -5.09. The van der Waals surface area contributed by atoms with Crippen molar-refractivity contribution >= 4 is 15.8 Å². The van der Waals surface area contributed by atoms with Crippen LogP contribution in [0.4, 0.5) is 23.2 Å². The molecule has 2 aromatic carbocycles. The number of hydrogen-bond acceptors (Lipinski definition) is 5. The Morgan fingerprint density at radius 1 is 1.08 bits per heavy atom. The first kappa shape index (κ1) is 17.7. The monoisotopic (exact) mass is 365 g/mol. The molecular weight excluding hydrogens is 358 g/mol. The SMILES string of the molecule is O=[N+]([O-])c1ccc(F)cc1OS(=O)(=O)c1ccccc1C(F)(F)F. The summed E-state index contributed by atoms with van der Waals surface area (Å²) in [6, 6.07) is 4.83. The van der Waals surface area contributed by atoms with E-state index in [0.717, 1.165) is 12.1 Å². The summed E-state index contributed by atoms with van der Waals surface area (Å²) in [5.74, 6) is -2.09. The average Bonchev–Trinajstić information content (AvgIpc) is 2.45. The molecule has 0 atom stereocenters. The van der Waals surface area contributed by atoms with E-state index in [1.54, 1.807) is 0 Å². The number of benzene rings is 2. The van der Waals surface area contributed by atoms with Crippen LogP contribution in [0.25, 0.3) is 0 Å². The molecule has 0 aliphatic heterocycles. The Morgan fingerprint density at radius 3 is 2.29 bits per heavy atom. The molecule has 24 heavy (non-hydrogen) atoms. The van der Waals surface area contributed by atoms with Crippen LogP contribution in [0.5, 0.6) is 5.75 Å². The normalized spacial score (nSPS) is 12.0. The summed E-state index contributed by atoms with van der Waals surface area (Å²) in [7, 11) is -5.09. The standard InChI is InChI=1S/C13H7F4NO5S/c14-8-5-6-10(18(19)20)11(7-8)23-24(21,22)12-4-2-1-3-9(12)13(15,16)17/h1-7H. The van der Waals surface area contributed by atoms with Crippen molar-refractivity contribution in [3.05, 3.63) is 64.0 Å². The van der Waals surface area contributed by atoms with Crippen LogP contribution in [0.1, 0.15) is 5.56 Å². The number of nitrogens with zero attached hydrogens (tertiary/aromatic N) is 1. The lowest BCUT2D eigenvalue weighted by molar-refractivity contribution is -0.385. The molecule has 6 nitrogen and oxygen atoms in total. The molecule has 0 saturated carbocycles. The molecule has 0 saturated heterocycles. The van der Waals surface area contributed by atoms with Crippen LogP contribution in [-0.2, 0) is 16.3 Å². The molecule has 0 fully saturated rings. The van der Waals surface area contributed by atoms with Crippen LogP contribution in [0, 0.1) is 15.9 Å². The third kappa shape index (κ3) is 3.62. The summed E-state index contributed by atoms with van der Waals surface area (Å²) in [6.45, 7) is 0. The molecule has 0 heterocycles. The Morgan fingerprint density at radius 2 is 1.71 bits per heavy atom. The van der Waals surface area contributed by atoms with Crippen LogP contribution in [-0.4, -0.2) is 13.3 Å². The van der Waals surface area contributed by atoms with Gasteiger partial charge in [0.1, 0.15) is 10.7 Å². The van der Waals surface area contributed by atoms with E-state index in [-0.39, 0.29) is 0 Å². The van der Waals surface area contributed by atoms with Gasteiger partial charge < -0.3 is 4.18 Å². The van der Waals surface area contributed by atoms with Crippen LogP contribution in [0.3, 0.4) is 0 Å². The van der Waals surface area contributed by atoms with Gasteiger partial charge in [-0.15, -0.1) is 0 Å². The Kier molecular flexibility index (Phi) is 4.47. The fraction of sp³-hybridized carbons (Fsp3) is 0.0769. The van der Waals surface area contributed by atoms with Crippen molar-refractivity contribution in [2.45, 2.75) is 11.1 Å². The smallest absolute Gasteiger partial charge is 0.371 e. The first-order valence-electron chi connectivity index (χ1n) is 6.07. The van der Waals surface area contributed by atoms with Crippen molar-refractivity contribution in [1.82, 2.24) is 0 Å². The maximum absolute atomic E-state index is 13.2. The van der Waals surface area contributed by atoms with Gasteiger partial charge in [0.2, 0.25) is 5.75 Å². The van der Waals surface area contributed by atoms with Crippen LogP contribution < -0.4 is 4.18 Å². The van der Waals surface area contributed by atoms with Crippen LogP contribution in [0.2, 0.25) is 0 Å². The lowest BCUT2D eigenvalue weighted by Crippen LogP contribution is -2.17. The van der Waals surface area contributed by atoms with Gasteiger partial charge in [0.05, 0.1) is 10.5 Å². The Labute approximate surface area is 132 Å². The van der Waals surface area contributed by atoms with E-state index in [1.807, 2.05) is 0 Å². The predicted octanol–water partition coefficient (Wildman–Crippen LogP) is 3.52. The van der Waals surface area contributed by atoms with Gasteiger partial charge >= 0.3 is 22.0 Å². The third-order valence-corrected chi connectivity index (χ3v) is 4.07. The van der Waals surface area contributed by atoms with Crippen molar-refractivity contribution < 1.29 is 35.1 Å². The van der Waals surface area contributed by atoms with Crippen molar-refractivity contribution in [1.29, 1.82) is 0 Å². The molecule has 0 N–H and O–H groups in total. The molecule has 128 valence electrons. The summed E-state index contributed by atoms with van der Waals surface area (Å²) in [5.41, 5.74) is -2.42. The zero-order valence-electron chi connectivity index (χ0n) is 11.5. The van der Waals surface area contributed by atoms with Crippen molar-refractivity contribution in [2.75, 3.05) is 0 Å². The van der Waals surface area contributed by atoms with Crippen LogP contribution in [0.15, 0.2) is 47.4 Å². The molecular formula is C13H7F4NO5S. The molecule has 11 heteroatoms. The summed E-state index contributed by atoms with van der Waals surface area (Å²) in [4.78, 5) is 8.51. The summed E-state index contributed by atoms with van der Waals surface area (Å²) < 4.78 is 80.4. The Hall–Kier alpha value is -2.69. The summed E-state index contributed by atoms with van der Waals surface area (Å²) >= 11 is 0.